The van der Waals surface area contributed by atoms with Gasteiger partial charge in [0.15, 0.2) is 18.1 Å². The van der Waals surface area contributed by atoms with Crippen LogP contribution in [0, 0.1) is 0 Å². The summed E-state index contributed by atoms with van der Waals surface area (Å²) in [5.74, 6) is 2.00. The van der Waals surface area contributed by atoms with E-state index in [0.717, 1.165) is 25.2 Å². The highest BCUT2D eigenvalue weighted by molar-refractivity contribution is 5.77. The molecule has 0 saturated carbocycles. The van der Waals surface area contributed by atoms with Crippen molar-refractivity contribution in [3.05, 3.63) is 53.6 Å². The van der Waals surface area contributed by atoms with Crippen LogP contribution in [0.1, 0.15) is 18.1 Å². The van der Waals surface area contributed by atoms with Crippen LogP contribution in [0.2, 0.25) is 0 Å². The van der Waals surface area contributed by atoms with Crippen molar-refractivity contribution < 1.29 is 19.0 Å². The molecule has 1 aliphatic rings. The molecule has 0 bridgehead atoms. The third kappa shape index (κ3) is 4.44. The third-order valence-electron chi connectivity index (χ3n) is 4.13. The van der Waals surface area contributed by atoms with Crippen molar-refractivity contribution >= 4 is 5.91 Å². The van der Waals surface area contributed by atoms with Crippen molar-refractivity contribution in [3.8, 4) is 17.2 Å². The molecule has 2 aromatic rings. The van der Waals surface area contributed by atoms with Crippen molar-refractivity contribution in [1.29, 1.82) is 0 Å². The van der Waals surface area contributed by atoms with Gasteiger partial charge in [-0.2, -0.15) is 0 Å². The van der Waals surface area contributed by atoms with Crippen LogP contribution in [0.15, 0.2) is 42.5 Å². The second-order valence-corrected chi connectivity index (χ2v) is 6.15. The van der Waals surface area contributed by atoms with E-state index < -0.39 is 0 Å². The number of nitrogens with one attached hydrogen (secondary N) is 1. The molecule has 1 aliphatic heterocycles. The topological polar surface area (TPSA) is 56.8 Å². The minimum absolute atomic E-state index is 0.0224. The van der Waals surface area contributed by atoms with Gasteiger partial charge in [0.1, 0.15) is 5.75 Å². The molecule has 5 nitrogen and oxygen atoms in total. The summed E-state index contributed by atoms with van der Waals surface area (Å²) >= 11 is 0. The van der Waals surface area contributed by atoms with Gasteiger partial charge < -0.3 is 19.5 Å². The zero-order chi connectivity index (χ0) is 17.6. The molecule has 0 spiro atoms. The van der Waals surface area contributed by atoms with Crippen molar-refractivity contribution in [2.24, 2.45) is 0 Å². The number of amides is 1. The molecule has 25 heavy (non-hydrogen) atoms. The third-order valence-corrected chi connectivity index (χ3v) is 4.13. The molecule has 0 aromatic heterocycles. The number of ether oxygens (including phenoxy) is 3. The molecule has 0 saturated heterocycles. The average Bonchev–Trinajstić information content (AvgIpc) is 3.07. The fourth-order valence-electron chi connectivity index (χ4n) is 2.97. The first-order valence-corrected chi connectivity index (χ1v) is 8.45. The summed E-state index contributed by atoms with van der Waals surface area (Å²) in [4.78, 5) is 12.1. The lowest BCUT2D eigenvalue weighted by molar-refractivity contribution is -0.123. The number of fused-ring (bicyclic) bond motifs is 1. The second-order valence-electron chi connectivity index (χ2n) is 6.15. The maximum atomic E-state index is 12.1. The molecular formula is C20H23NO4. The predicted molar refractivity (Wildman–Crippen MR) is 95.4 cm³/mol. The summed E-state index contributed by atoms with van der Waals surface area (Å²) in [6.45, 7) is 2.71. The maximum Gasteiger partial charge on any atom is 0.258 e. The van der Waals surface area contributed by atoms with E-state index in [4.69, 9.17) is 14.2 Å². The number of para-hydroxylation sites is 2. The molecule has 1 atom stereocenters. The highest BCUT2D eigenvalue weighted by Crippen LogP contribution is 2.27. The Morgan fingerprint density at radius 3 is 2.84 bits per heavy atom. The zero-order valence-electron chi connectivity index (χ0n) is 14.6. The number of methoxy groups -OCH3 is 1. The van der Waals surface area contributed by atoms with Gasteiger partial charge in [-0.15, -0.1) is 0 Å². The lowest BCUT2D eigenvalue weighted by Gasteiger charge is -2.15. The molecular weight excluding hydrogens is 318 g/mol. The van der Waals surface area contributed by atoms with Crippen LogP contribution < -0.4 is 19.5 Å². The van der Waals surface area contributed by atoms with Crippen LogP contribution in [0.25, 0.3) is 0 Å². The van der Waals surface area contributed by atoms with E-state index in [2.05, 4.69) is 17.4 Å². The number of hydrogen-bond acceptors (Lipinski definition) is 4. The van der Waals surface area contributed by atoms with Gasteiger partial charge >= 0.3 is 0 Å². The predicted octanol–water partition coefficient (Wildman–Crippen LogP) is 2.76. The summed E-state index contributed by atoms with van der Waals surface area (Å²) in [7, 11) is 1.58. The van der Waals surface area contributed by atoms with Crippen LogP contribution >= 0.6 is 0 Å². The molecule has 5 heteroatoms. The first kappa shape index (κ1) is 17.1. The van der Waals surface area contributed by atoms with E-state index in [1.807, 2.05) is 25.1 Å². The Labute approximate surface area is 147 Å². The van der Waals surface area contributed by atoms with Gasteiger partial charge in [-0.05, 0) is 42.7 Å². The fourth-order valence-corrected chi connectivity index (χ4v) is 2.97. The van der Waals surface area contributed by atoms with E-state index in [1.165, 1.54) is 11.1 Å². The SMILES string of the molecule is COc1ccccc1OCC(=O)N[C@@H](C)Cc1ccc2c(c1)CCO2. The Bertz CT molecular complexity index is 744. The molecule has 0 fully saturated rings. The zero-order valence-corrected chi connectivity index (χ0v) is 14.6. The highest BCUT2D eigenvalue weighted by atomic mass is 16.5. The molecule has 0 radical (unpaired) electrons. The summed E-state index contributed by atoms with van der Waals surface area (Å²) in [6.07, 6.45) is 1.73. The van der Waals surface area contributed by atoms with Crippen molar-refractivity contribution in [1.82, 2.24) is 5.32 Å². The first-order chi connectivity index (χ1) is 12.2. The van der Waals surface area contributed by atoms with Crippen LogP contribution in [0.5, 0.6) is 17.2 Å². The summed E-state index contributed by atoms with van der Waals surface area (Å²) in [5, 5.41) is 2.97. The van der Waals surface area contributed by atoms with Gasteiger partial charge in [0, 0.05) is 12.5 Å². The molecule has 132 valence electrons. The molecule has 0 unspecified atom stereocenters. The molecule has 2 aromatic carbocycles. The van der Waals surface area contributed by atoms with E-state index >= 15 is 0 Å². The standard InChI is InChI=1S/C20H23NO4/c1-14(11-15-7-8-17-16(12-15)9-10-24-17)21-20(22)13-25-19-6-4-3-5-18(19)23-2/h3-8,12,14H,9-11,13H2,1-2H3,(H,21,22)/t14-/m0/s1. The lowest BCUT2D eigenvalue weighted by Crippen LogP contribution is -2.37. The molecule has 1 N–H and O–H groups in total. The van der Waals surface area contributed by atoms with Crippen LogP contribution in [0.3, 0.4) is 0 Å². The van der Waals surface area contributed by atoms with Gasteiger partial charge in [0.25, 0.3) is 5.91 Å². The summed E-state index contributed by atoms with van der Waals surface area (Å²) < 4.78 is 16.3. The number of rotatable bonds is 7. The van der Waals surface area contributed by atoms with Crippen LogP contribution in [-0.4, -0.2) is 32.3 Å². The molecule has 3 rings (SSSR count). The molecule has 1 amide bonds. The molecule has 0 aliphatic carbocycles. The second kappa shape index (κ2) is 7.92. The Balaban J connectivity index is 1.49. The van der Waals surface area contributed by atoms with Gasteiger partial charge in [-0.1, -0.05) is 24.3 Å². The van der Waals surface area contributed by atoms with Crippen molar-refractivity contribution in [2.45, 2.75) is 25.8 Å². The maximum absolute atomic E-state index is 12.1. The highest BCUT2D eigenvalue weighted by Gasteiger charge is 2.14. The van der Waals surface area contributed by atoms with E-state index in [1.54, 1.807) is 19.2 Å². The Hall–Kier alpha value is -2.69. The normalized spacial score (nSPS) is 13.5. The number of hydrogen-bond donors (Lipinski definition) is 1. The smallest absolute Gasteiger partial charge is 0.258 e. The van der Waals surface area contributed by atoms with E-state index in [9.17, 15) is 4.79 Å². The lowest BCUT2D eigenvalue weighted by atomic mass is 10.0. The van der Waals surface area contributed by atoms with E-state index in [0.29, 0.717) is 11.5 Å². The Morgan fingerprint density at radius 2 is 2.04 bits per heavy atom. The van der Waals surface area contributed by atoms with E-state index in [-0.39, 0.29) is 18.6 Å². The van der Waals surface area contributed by atoms with Crippen LogP contribution in [-0.2, 0) is 17.6 Å². The quantitative estimate of drug-likeness (QED) is 0.841. The van der Waals surface area contributed by atoms with Gasteiger partial charge in [0.05, 0.1) is 13.7 Å². The van der Waals surface area contributed by atoms with Crippen LogP contribution in [0.4, 0.5) is 0 Å². The Kier molecular flexibility index (Phi) is 5.43. The van der Waals surface area contributed by atoms with Gasteiger partial charge in [-0.3, -0.25) is 4.79 Å². The van der Waals surface area contributed by atoms with Crippen molar-refractivity contribution in [2.75, 3.05) is 20.3 Å². The average molecular weight is 341 g/mol. The first-order valence-electron chi connectivity index (χ1n) is 8.45. The number of carbonyl (C=O) groups excluding carboxylic acids is 1. The number of carbonyl (C=O) groups is 1. The summed E-state index contributed by atoms with van der Waals surface area (Å²) in [6, 6.07) is 13.5. The monoisotopic (exact) mass is 341 g/mol. The molecule has 1 heterocycles. The van der Waals surface area contributed by atoms with Gasteiger partial charge in [-0.25, -0.2) is 0 Å². The largest absolute Gasteiger partial charge is 0.493 e. The minimum atomic E-state index is -0.150. The Morgan fingerprint density at radius 1 is 1.24 bits per heavy atom. The number of benzene rings is 2. The van der Waals surface area contributed by atoms with Crippen molar-refractivity contribution in [3.63, 3.8) is 0 Å². The van der Waals surface area contributed by atoms with Gasteiger partial charge in [0.2, 0.25) is 0 Å². The summed E-state index contributed by atoms with van der Waals surface area (Å²) in [5.41, 5.74) is 2.44. The minimum Gasteiger partial charge on any atom is -0.493 e. The fraction of sp³-hybridized carbons (Fsp3) is 0.350.